The summed E-state index contributed by atoms with van der Waals surface area (Å²) in [4.78, 5) is 4.31. The summed E-state index contributed by atoms with van der Waals surface area (Å²) >= 11 is 0. The maximum absolute atomic E-state index is 5.93. The Balaban J connectivity index is 1.58. The number of hydrazine groups is 1. The molecule has 3 N–H and O–H groups in total. The molecular formula is C18H27N3. The van der Waals surface area contributed by atoms with E-state index in [-0.39, 0.29) is 6.04 Å². The predicted octanol–water partition coefficient (Wildman–Crippen LogP) is 3.50. The Morgan fingerprint density at radius 2 is 1.86 bits per heavy atom. The molecule has 1 heterocycles. The van der Waals surface area contributed by atoms with E-state index in [9.17, 15) is 0 Å². The second kappa shape index (κ2) is 5.06. The summed E-state index contributed by atoms with van der Waals surface area (Å²) in [6, 6.07) is 2.36. The molecule has 4 aliphatic rings. The van der Waals surface area contributed by atoms with Crippen molar-refractivity contribution < 1.29 is 0 Å². The van der Waals surface area contributed by atoms with Gasteiger partial charge >= 0.3 is 0 Å². The van der Waals surface area contributed by atoms with Crippen LogP contribution in [0.5, 0.6) is 0 Å². The van der Waals surface area contributed by atoms with Crippen molar-refractivity contribution in [2.45, 2.75) is 57.9 Å². The Kier molecular flexibility index (Phi) is 3.31. The Morgan fingerprint density at radius 3 is 2.38 bits per heavy atom. The van der Waals surface area contributed by atoms with E-state index in [1.54, 1.807) is 0 Å². The third-order valence-corrected chi connectivity index (χ3v) is 6.46. The first-order valence-electron chi connectivity index (χ1n) is 8.54. The Morgan fingerprint density at radius 1 is 1.24 bits per heavy atom. The molecular weight excluding hydrogens is 258 g/mol. The van der Waals surface area contributed by atoms with Crippen LogP contribution < -0.4 is 11.3 Å². The average Bonchev–Trinajstić information content (AvgIpc) is 2.44. The minimum absolute atomic E-state index is 0.259. The fraction of sp³-hybridized carbons (Fsp3) is 0.722. The molecule has 0 amide bonds. The second-order valence-electron chi connectivity index (χ2n) is 8.07. The summed E-state index contributed by atoms with van der Waals surface area (Å²) in [7, 11) is 0. The molecule has 0 radical (unpaired) electrons. The highest BCUT2D eigenvalue weighted by molar-refractivity contribution is 5.25. The van der Waals surface area contributed by atoms with Gasteiger partial charge in [0.1, 0.15) is 0 Å². The minimum atomic E-state index is 0.259. The number of aryl methyl sites for hydroxylation is 1. The van der Waals surface area contributed by atoms with E-state index in [1.165, 1.54) is 56.1 Å². The molecule has 21 heavy (non-hydrogen) atoms. The van der Waals surface area contributed by atoms with Crippen LogP contribution in [0.15, 0.2) is 18.5 Å². The molecule has 1 aromatic rings. The van der Waals surface area contributed by atoms with E-state index >= 15 is 0 Å². The molecule has 0 spiro atoms. The fourth-order valence-corrected chi connectivity index (χ4v) is 6.07. The van der Waals surface area contributed by atoms with Crippen LogP contribution in [-0.4, -0.2) is 4.98 Å². The molecule has 0 aliphatic heterocycles. The van der Waals surface area contributed by atoms with E-state index in [2.05, 4.69) is 23.4 Å². The quantitative estimate of drug-likeness (QED) is 0.657. The SMILES string of the molecule is Cc1ccncc1C(CC12CC3CC(CC(C3)C1)C2)NN. The maximum Gasteiger partial charge on any atom is 0.0483 e. The first-order chi connectivity index (χ1) is 10.2. The van der Waals surface area contributed by atoms with Crippen LogP contribution in [0.2, 0.25) is 0 Å². The zero-order valence-corrected chi connectivity index (χ0v) is 13.0. The average molecular weight is 285 g/mol. The number of nitrogens with one attached hydrogen (secondary N) is 1. The van der Waals surface area contributed by atoms with Gasteiger partial charge in [0.15, 0.2) is 0 Å². The first kappa shape index (κ1) is 13.7. The van der Waals surface area contributed by atoms with Crippen LogP contribution in [0.25, 0.3) is 0 Å². The molecule has 4 saturated carbocycles. The van der Waals surface area contributed by atoms with Gasteiger partial charge in [0.05, 0.1) is 0 Å². The highest BCUT2D eigenvalue weighted by Gasteiger charge is 2.51. The molecule has 3 heteroatoms. The van der Waals surface area contributed by atoms with Crippen molar-refractivity contribution in [1.82, 2.24) is 10.4 Å². The number of nitrogens with two attached hydrogens (primary N) is 1. The van der Waals surface area contributed by atoms with Gasteiger partial charge in [-0.2, -0.15) is 0 Å². The van der Waals surface area contributed by atoms with Gasteiger partial charge in [-0.25, -0.2) is 0 Å². The van der Waals surface area contributed by atoms with E-state index in [0.29, 0.717) is 5.41 Å². The van der Waals surface area contributed by atoms with Gasteiger partial charge in [-0.1, -0.05) is 0 Å². The molecule has 0 saturated heterocycles. The lowest BCUT2D eigenvalue weighted by atomic mass is 9.48. The van der Waals surface area contributed by atoms with Gasteiger partial charge in [0.2, 0.25) is 0 Å². The highest BCUT2D eigenvalue weighted by Crippen LogP contribution is 2.62. The number of hydrogen-bond donors (Lipinski definition) is 2. The Labute approximate surface area is 127 Å². The molecule has 114 valence electrons. The van der Waals surface area contributed by atoms with Crippen molar-refractivity contribution >= 4 is 0 Å². The van der Waals surface area contributed by atoms with Gasteiger partial charge in [0.25, 0.3) is 0 Å². The molecule has 3 nitrogen and oxygen atoms in total. The summed E-state index contributed by atoms with van der Waals surface area (Å²) in [6.45, 7) is 2.17. The summed E-state index contributed by atoms with van der Waals surface area (Å²) in [5.41, 5.74) is 6.23. The molecule has 1 aromatic heterocycles. The summed E-state index contributed by atoms with van der Waals surface area (Å²) in [6.07, 6.45) is 13.9. The van der Waals surface area contributed by atoms with E-state index in [4.69, 9.17) is 5.84 Å². The number of aromatic nitrogens is 1. The van der Waals surface area contributed by atoms with Gasteiger partial charge < -0.3 is 0 Å². The zero-order chi connectivity index (χ0) is 14.4. The third kappa shape index (κ3) is 2.40. The van der Waals surface area contributed by atoms with E-state index in [1.807, 2.05) is 12.4 Å². The van der Waals surface area contributed by atoms with Crippen molar-refractivity contribution in [3.63, 3.8) is 0 Å². The number of pyridine rings is 1. The van der Waals surface area contributed by atoms with Crippen molar-refractivity contribution in [1.29, 1.82) is 0 Å². The number of hydrogen-bond acceptors (Lipinski definition) is 3. The Hall–Kier alpha value is -0.930. The van der Waals surface area contributed by atoms with Crippen LogP contribution in [0.4, 0.5) is 0 Å². The standard InChI is InChI=1S/C18H27N3/c1-12-2-3-20-11-16(12)17(21-19)10-18-7-13-4-14(8-18)6-15(5-13)9-18/h2-3,11,13-15,17,21H,4-10,19H2,1H3. The summed E-state index contributed by atoms with van der Waals surface area (Å²) in [5, 5.41) is 0. The molecule has 4 bridgehead atoms. The van der Waals surface area contributed by atoms with Crippen LogP contribution in [0.3, 0.4) is 0 Å². The molecule has 5 rings (SSSR count). The lowest BCUT2D eigenvalue weighted by Gasteiger charge is -2.57. The van der Waals surface area contributed by atoms with Crippen molar-refractivity contribution in [2.24, 2.45) is 29.0 Å². The summed E-state index contributed by atoms with van der Waals surface area (Å²) < 4.78 is 0. The lowest BCUT2D eigenvalue weighted by Crippen LogP contribution is -2.48. The molecule has 1 unspecified atom stereocenters. The van der Waals surface area contributed by atoms with Crippen LogP contribution in [-0.2, 0) is 0 Å². The van der Waals surface area contributed by atoms with Gasteiger partial charge in [-0.3, -0.25) is 16.3 Å². The molecule has 4 aliphatic carbocycles. The monoisotopic (exact) mass is 285 g/mol. The van der Waals surface area contributed by atoms with Gasteiger partial charge in [-0.05, 0) is 92.2 Å². The van der Waals surface area contributed by atoms with Crippen LogP contribution in [0.1, 0.15) is 62.1 Å². The summed E-state index contributed by atoms with van der Waals surface area (Å²) in [5.74, 6) is 8.94. The van der Waals surface area contributed by atoms with Crippen molar-refractivity contribution in [3.8, 4) is 0 Å². The van der Waals surface area contributed by atoms with Gasteiger partial charge in [-0.15, -0.1) is 0 Å². The second-order valence-corrected chi connectivity index (χ2v) is 8.07. The maximum atomic E-state index is 5.93. The van der Waals surface area contributed by atoms with Crippen molar-refractivity contribution in [3.05, 3.63) is 29.6 Å². The molecule has 0 aromatic carbocycles. The molecule has 1 atom stereocenters. The van der Waals surface area contributed by atoms with Crippen molar-refractivity contribution in [2.75, 3.05) is 0 Å². The molecule has 4 fully saturated rings. The fourth-order valence-electron chi connectivity index (χ4n) is 6.07. The largest absolute Gasteiger partial charge is 0.271 e. The first-order valence-corrected chi connectivity index (χ1v) is 8.54. The predicted molar refractivity (Wildman–Crippen MR) is 84.3 cm³/mol. The minimum Gasteiger partial charge on any atom is -0.271 e. The Bertz CT molecular complexity index is 490. The highest BCUT2D eigenvalue weighted by atomic mass is 15.2. The smallest absolute Gasteiger partial charge is 0.0483 e. The van der Waals surface area contributed by atoms with Crippen LogP contribution >= 0.6 is 0 Å². The van der Waals surface area contributed by atoms with E-state index < -0.39 is 0 Å². The third-order valence-electron chi connectivity index (χ3n) is 6.46. The number of nitrogens with zero attached hydrogens (tertiary/aromatic N) is 1. The lowest BCUT2D eigenvalue weighted by molar-refractivity contribution is -0.0623. The van der Waals surface area contributed by atoms with Crippen LogP contribution in [0, 0.1) is 30.1 Å². The normalized spacial score (nSPS) is 38.7. The zero-order valence-electron chi connectivity index (χ0n) is 13.0. The van der Waals surface area contributed by atoms with E-state index in [0.717, 1.165) is 17.8 Å². The topological polar surface area (TPSA) is 50.9 Å². The van der Waals surface area contributed by atoms with Gasteiger partial charge in [0, 0.05) is 18.4 Å². The number of rotatable bonds is 4.